The summed E-state index contributed by atoms with van der Waals surface area (Å²) in [5.74, 6) is -1.97. The van der Waals surface area contributed by atoms with E-state index >= 15 is 0 Å². The van der Waals surface area contributed by atoms with Crippen LogP contribution in [-0.2, 0) is 0 Å². The fourth-order valence-electron chi connectivity index (χ4n) is 2.31. The fourth-order valence-corrected chi connectivity index (χ4v) is 2.31. The van der Waals surface area contributed by atoms with E-state index in [1.54, 1.807) is 7.05 Å². The molecule has 3 N–H and O–H groups in total. The predicted octanol–water partition coefficient (Wildman–Crippen LogP) is 1.76. The molecule has 0 atom stereocenters. The molecule has 0 unspecified atom stereocenters. The molecule has 2 amide bonds. The van der Waals surface area contributed by atoms with Gasteiger partial charge in [-0.1, -0.05) is 0 Å². The third-order valence-electron chi connectivity index (χ3n) is 3.54. The molecule has 0 spiro atoms. The number of hydrogen-bond donors (Lipinski definition) is 3. The summed E-state index contributed by atoms with van der Waals surface area (Å²) in [4.78, 5) is 24.1. The van der Waals surface area contributed by atoms with Gasteiger partial charge in [0.15, 0.2) is 0 Å². The van der Waals surface area contributed by atoms with Crippen molar-refractivity contribution < 1.29 is 24.2 Å². The number of urea groups is 1. The van der Waals surface area contributed by atoms with Gasteiger partial charge in [-0.3, -0.25) is 0 Å². The molecule has 1 aromatic rings. The van der Waals surface area contributed by atoms with Gasteiger partial charge in [-0.15, -0.1) is 0 Å². The molecule has 0 saturated heterocycles. The minimum atomic E-state index is -1.36. The molecule has 114 valence electrons. The summed E-state index contributed by atoms with van der Waals surface area (Å²) in [5, 5.41) is 20.4. The second-order valence-corrected chi connectivity index (χ2v) is 5.30. The maximum Gasteiger partial charge on any atom is 0.338 e. The molecule has 0 radical (unpaired) electrons. The van der Waals surface area contributed by atoms with Crippen molar-refractivity contribution in [1.82, 2.24) is 4.90 Å². The smallest absolute Gasteiger partial charge is 0.338 e. The first kappa shape index (κ1) is 15.2. The lowest BCUT2D eigenvalue weighted by atomic mass is 9.82. The van der Waals surface area contributed by atoms with Gasteiger partial charge in [0.25, 0.3) is 0 Å². The SMILES string of the molecule is CN(CC1CC(O)C1)C(=O)Nc1ccc(C(=O)O)c(F)c1. The van der Waals surface area contributed by atoms with E-state index in [-0.39, 0.29) is 17.7 Å². The number of nitrogens with zero attached hydrogens (tertiary/aromatic N) is 1. The van der Waals surface area contributed by atoms with Crippen LogP contribution in [0.1, 0.15) is 23.2 Å². The third kappa shape index (κ3) is 3.69. The summed E-state index contributed by atoms with van der Waals surface area (Å²) in [6.07, 6.45) is 1.09. The Balaban J connectivity index is 1.92. The molecule has 1 aromatic carbocycles. The lowest BCUT2D eigenvalue weighted by Gasteiger charge is -2.34. The van der Waals surface area contributed by atoms with E-state index in [4.69, 9.17) is 5.11 Å². The highest BCUT2D eigenvalue weighted by Crippen LogP contribution is 2.27. The molecular weight excluding hydrogens is 279 g/mol. The van der Waals surface area contributed by atoms with Crippen LogP contribution in [0.3, 0.4) is 0 Å². The van der Waals surface area contributed by atoms with E-state index in [2.05, 4.69) is 5.32 Å². The Bertz CT molecular complexity index is 558. The van der Waals surface area contributed by atoms with Crippen LogP contribution in [-0.4, -0.2) is 46.8 Å². The minimum absolute atomic E-state index is 0.197. The van der Waals surface area contributed by atoms with E-state index in [0.717, 1.165) is 12.1 Å². The number of aliphatic hydroxyl groups is 1. The predicted molar refractivity (Wildman–Crippen MR) is 73.7 cm³/mol. The van der Waals surface area contributed by atoms with E-state index in [9.17, 15) is 19.1 Å². The quantitative estimate of drug-likeness (QED) is 0.789. The Kier molecular flexibility index (Phi) is 4.42. The van der Waals surface area contributed by atoms with Crippen molar-refractivity contribution >= 4 is 17.7 Å². The zero-order valence-corrected chi connectivity index (χ0v) is 11.5. The fraction of sp³-hybridized carbons (Fsp3) is 0.429. The van der Waals surface area contributed by atoms with Gasteiger partial charge in [-0.2, -0.15) is 0 Å². The van der Waals surface area contributed by atoms with Crippen LogP contribution in [0.2, 0.25) is 0 Å². The van der Waals surface area contributed by atoms with Crippen LogP contribution in [0.25, 0.3) is 0 Å². The van der Waals surface area contributed by atoms with E-state index in [1.165, 1.54) is 11.0 Å². The molecule has 0 aromatic heterocycles. The largest absolute Gasteiger partial charge is 0.478 e. The topological polar surface area (TPSA) is 89.9 Å². The van der Waals surface area contributed by atoms with Gasteiger partial charge >= 0.3 is 12.0 Å². The first-order valence-corrected chi connectivity index (χ1v) is 6.60. The average Bonchev–Trinajstić information content (AvgIpc) is 2.36. The van der Waals surface area contributed by atoms with Crippen LogP contribution in [0.15, 0.2) is 18.2 Å². The van der Waals surface area contributed by atoms with Crippen molar-refractivity contribution in [1.29, 1.82) is 0 Å². The van der Waals surface area contributed by atoms with Gasteiger partial charge in [0.05, 0.1) is 11.7 Å². The Labute approximate surface area is 121 Å². The number of amides is 2. The molecule has 1 aliphatic carbocycles. The summed E-state index contributed by atoms with van der Waals surface area (Å²) in [6, 6.07) is 3.02. The number of nitrogens with one attached hydrogen (secondary N) is 1. The Morgan fingerprint density at radius 1 is 1.43 bits per heavy atom. The van der Waals surface area contributed by atoms with E-state index in [0.29, 0.717) is 19.4 Å². The number of hydrogen-bond acceptors (Lipinski definition) is 3. The van der Waals surface area contributed by atoms with Crippen LogP contribution in [0.5, 0.6) is 0 Å². The summed E-state index contributed by atoms with van der Waals surface area (Å²) in [5.41, 5.74) is -0.243. The Morgan fingerprint density at radius 2 is 2.10 bits per heavy atom. The molecular formula is C14H17FN2O4. The molecule has 6 nitrogen and oxygen atoms in total. The van der Waals surface area contributed by atoms with Gasteiger partial charge in [0.2, 0.25) is 0 Å². The average molecular weight is 296 g/mol. The molecule has 0 heterocycles. The second-order valence-electron chi connectivity index (χ2n) is 5.30. The van der Waals surface area contributed by atoms with Crippen molar-refractivity contribution in [3.05, 3.63) is 29.6 Å². The van der Waals surface area contributed by atoms with Crippen molar-refractivity contribution in [2.24, 2.45) is 5.92 Å². The van der Waals surface area contributed by atoms with E-state index < -0.39 is 23.4 Å². The third-order valence-corrected chi connectivity index (χ3v) is 3.54. The lowest BCUT2D eigenvalue weighted by molar-refractivity contribution is 0.0332. The van der Waals surface area contributed by atoms with Crippen molar-refractivity contribution in [3.8, 4) is 0 Å². The van der Waals surface area contributed by atoms with E-state index in [1.807, 2.05) is 0 Å². The molecule has 21 heavy (non-hydrogen) atoms. The Morgan fingerprint density at radius 3 is 2.62 bits per heavy atom. The normalized spacial score (nSPS) is 20.5. The molecule has 0 bridgehead atoms. The number of aliphatic hydroxyl groups excluding tert-OH is 1. The number of carboxylic acid groups (broad SMARTS) is 1. The number of rotatable bonds is 4. The molecule has 2 rings (SSSR count). The highest BCUT2D eigenvalue weighted by Gasteiger charge is 2.29. The molecule has 0 aliphatic heterocycles. The second kappa shape index (κ2) is 6.09. The van der Waals surface area contributed by atoms with Gasteiger partial charge in [0.1, 0.15) is 5.82 Å². The highest BCUT2D eigenvalue weighted by atomic mass is 19.1. The number of carbonyl (C=O) groups excluding carboxylic acids is 1. The Hall–Kier alpha value is -2.15. The number of benzene rings is 1. The van der Waals surface area contributed by atoms with Gasteiger partial charge < -0.3 is 20.4 Å². The summed E-state index contributed by atoms with van der Waals surface area (Å²) >= 11 is 0. The first-order chi connectivity index (χ1) is 9.86. The zero-order chi connectivity index (χ0) is 15.6. The number of carbonyl (C=O) groups is 2. The first-order valence-electron chi connectivity index (χ1n) is 6.60. The van der Waals surface area contributed by atoms with Gasteiger partial charge in [-0.25, -0.2) is 14.0 Å². The molecule has 1 saturated carbocycles. The lowest BCUT2D eigenvalue weighted by Crippen LogP contribution is -2.41. The van der Waals surface area contributed by atoms with Crippen molar-refractivity contribution in [2.75, 3.05) is 18.9 Å². The standard InChI is InChI=1S/C14H17FN2O4/c1-17(7-8-4-10(18)5-8)14(21)16-9-2-3-11(13(19)20)12(15)6-9/h2-3,6,8,10,18H,4-5,7H2,1H3,(H,16,21)(H,19,20). The number of anilines is 1. The highest BCUT2D eigenvalue weighted by molar-refractivity contribution is 5.91. The minimum Gasteiger partial charge on any atom is -0.478 e. The van der Waals surface area contributed by atoms with Crippen LogP contribution in [0, 0.1) is 11.7 Å². The van der Waals surface area contributed by atoms with Crippen LogP contribution in [0.4, 0.5) is 14.9 Å². The number of carboxylic acids is 1. The summed E-state index contributed by atoms with van der Waals surface area (Å²) in [7, 11) is 1.61. The molecule has 1 fully saturated rings. The number of halogens is 1. The zero-order valence-electron chi connectivity index (χ0n) is 11.5. The van der Waals surface area contributed by atoms with Gasteiger partial charge in [-0.05, 0) is 37.0 Å². The molecule has 7 heteroatoms. The maximum atomic E-state index is 13.5. The summed E-state index contributed by atoms with van der Waals surface area (Å²) in [6.45, 7) is 0.512. The van der Waals surface area contributed by atoms with Crippen molar-refractivity contribution in [2.45, 2.75) is 18.9 Å². The monoisotopic (exact) mass is 296 g/mol. The maximum absolute atomic E-state index is 13.5. The summed E-state index contributed by atoms with van der Waals surface area (Å²) < 4.78 is 13.5. The molecule has 1 aliphatic rings. The number of aromatic carboxylic acids is 1. The van der Waals surface area contributed by atoms with Crippen LogP contribution >= 0.6 is 0 Å². The van der Waals surface area contributed by atoms with Crippen molar-refractivity contribution in [3.63, 3.8) is 0 Å². The van der Waals surface area contributed by atoms with Crippen LogP contribution < -0.4 is 5.32 Å². The van der Waals surface area contributed by atoms with Gasteiger partial charge in [0, 0.05) is 19.3 Å².